The van der Waals surface area contributed by atoms with Crippen LogP contribution < -0.4 is 0 Å². The van der Waals surface area contributed by atoms with Crippen molar-refractivity contribution in [3.05, 3.63) is 158 Å². The molecule has 0 atom stereocenters. The summed E-state index contributed by atoms with van der Waals surface area (Å²) >= 11 is 0. The fourth-order valence-corrected chi connectivity index (χ4v) is 6.36. The van der Waals surface area contributed by atoms with Gasteiger partial charge in [0.1, 0.15) is 0 Å². The Hall–Kier alpha value is -6.13. The van der Waals surface area contributed by atoms with Crippen molar-refractivity contribution in [1.29, 1.82) is 0 Å². The van der Waals surface area contributed by atoms with Gasteiger partial charge in [-0.1, -0.05) is 133 Å². The van der Waals surface area contributed by atoms with E-state index in [1.165, 1.54) is 37.9 Å². The molecule has 0 saturated heterocycles. The first kappa shape index (κ1) is 25.4. The Kier molecular flexibility index (Phi) is 5.78. The lowest BCUT2D eigenvalue weighted by Gasteiger charge is -2.11. The molecule has 0 unspecified atom stereocenters. The van der Waals surface area contributed by atoms with Crippen molar-refractivity contribution in [3.8, 4) is 39.9 Å². The largest absolute Gasteiger partial charge is 0.278 e. The summed E-state index contributed by atoms with van der Waals surface area (Å²) in [5.41, 5.74) is 6.34. The molecular formula is C41H26N4. The van der Waals surface area contributed by atoms with Crippen LogP contribution in [0.4, 0.5) is 0 Å². The molecule has 9 aromatic rings. The summed E-state index contributed by atoms with van der Waals surface area (Å²) in [6.45, 7) is 0. The number of aromatic nitrogens is 4. The third kappa shape index (κ3) is 4.35. The first-order valence-corrected chi connectivity index (χ1v) is 15.1. The van der Waals surface area contributed by atoms with E-state index in [9.17, 15) is 0 Å². The average Bonchev–Trinajstić information content (AvgIpc) is 3.44. The Morgan fingerprint density at radius 2 is 0.889 bits per heavy atom. The third-order valence-electron chi connectivity index (χ3n) is 8.62. The maximum atomic E-state index is 5.14. The van der Waals surface area contributed by atoms with E-state index in [1.807, 2.05) is 30.3 Å². The first-order chi connectivity index (χ1) is 22.3. The monoisotopic (exact) mass is 574 g/mol. The van der Waals surface area contributed by atoms with Gasteiger partial charge in [0.25, 0.3) is 0 Å². The highest BCUT2D eigenvalue weighted by Gasteiger charge is 2.18. The lowest BCUT2D eigenvalue weighted by Crippen LogP contribution is -2.06. The van der Waals surface area contributed by atoms with Crippen LogP contribution in [0.5, 0.6) is 0 Å². The van der Waals surface area contributed by atoms with Crippen molar-refractivity contribution >= 4 is 43.4 Å². The highest BCUT2D eigenvalue weighted by molar-refractivity contribution is 6.13. The predicted octanol–water partition coefficient (Wildman–Crippen LogP) is 10.3. The summed E-state index contributed by atoms with van der Waals surface area (Å²) in [5, 5.41) is 7.19. The van der Waals surface area contributed by atoms with Gasteiger partial charge in [0.05, 0.1) is 11.0 Å². The molecule has 0 amide bonds. The van der Waals surface area contributed by atoms with E-state index < -0.39 is 0 Å². The van der Waals surface area contributed by atoms with Crippen molar-refractivity contribution in [2.24, 2.45) is 0 Å². The van der Waals surface area contributed by atoms with Gasteiger partial charge in [-0.2, -0.15) is 9.97 Å². The zero-order chi connectivity index (χ0) is 29.7. The van der Waals surface area contributed by atoms with E-state index in [2.05, 4.69) is 132 Å². The molecular weight excluding hydrogens is 548 g/mol. The average molecular weight is 575 g/mol. The second kappa shape index (κ2) is 10.2. The Morgan fingerprint density at radius 3 is 1.64 bits per heavy atom. The van der Waals surface area contributed by atoms with Crippen molar-refractivity contribution < 1.29 is 0 Å². The minimum Gasteiger partial charge on any atom is -0.278 e. The van der Waals surface area contributed by atoms with Crippen LogP contribution in [-0.4, -0.2) is 19.5 Å². The van der Waals surface area contributed by atoms with Crippen LogP contribution in [0, 0.1) is 0 Å². The molecule has 0 N–H and O–H groups in total. The molecule has 0 radical (unpaired) electrons. The molecule has 0 aliphatic carbocycles. The summed E-state index contributed by atoms with van der Waals surface area (Å²) in [4.78, 5) is 15.2. The van der Waals surface area contributed by atoms with E-state index in [0.29, 0.717) is 17.6 Å². The van der Waals surface area contributed by atoms with Crippen molar-refractivity contribution in [3.63, 3.8) is 0 Å². The van der Waals surface area contributed by atoms with E-state index in [-0.39, 0.29) is 0 Å². The Labute approximate surface area is 259 Å². The maximum absolute atomic E-state index is 5.14. The molecule has 0 aliphatic rings. The Morgan fingerprint density at radius 1 is 0.333 bits per heavy atom. The predicted molar refractivity (Wildman–Crippen MR) is 185 cm³/mol. The Balaban J connectivity index is 1.24. The van der Waals surface area contributed by atoms with Crippen LogP contribution >= 0.6 is 0 Å². The molecule has 2 aromatic heterocycles. The number of hydrogen-bond donors (Lipinski definition) is 0. The smallest absolute Gasteiger partial charge is 0.238 e. The molecule has 0 bridgehead atoms. The van der Waals surface area contributed by atoms with Gasteiger partial charge in [-0.05, 0) is 56.9 Å². The molecule has 9 rings (SSSR count). The van der Waals surface area contributed by atoms with Crippen LogP contribution in [0.2, 0.25) is 0 Å². The summed E-state index contributed by atoms with van der Waals surface area (Å²) in [6, 6.07) is 55.2. The van der Waals surface area contributed by atoms with Gasteiger partial charge in [0.2, 0.25) is 5.95 Å². The van der Waals surface area contributed by atoms with Crippen LogP contribution in [0.3, 0.4) is 0 Å². The first-order valence-electron chi connectivity index (χ1n) is 15.1. The van der Waals surface area contributed by atoms with Gasteiger partial charge in [-0.25, -0.2) is 4.98 Å². The van der Waals surface area contributed by atoms with E-state index in [0.717, 1.165) is 27.7 Å². The fourth-order valence-electron chi connectivity index (χ4n) is 6.36. The minimum atomic E-state index is 0.596. The summed E-state index contributed by atoms with van der Waals surface area (Å²) in [5.74, 6) is 1.87. The second-order valence-electron chi connectivity index (χ2n) is 11.4. The standard InChI is InChI=1S/C41H26N4/c1-2-11-29(12-3-1)39-42-40(30-21-18-28(19-22-30)34-23-20-27-10-4-5-13-31(27)24-34)44-41(43-39)45-37-17-9-8-16-35(37)36-25-32-14-6-7-15-33(32)26-38(36)45/h1-26H. The van der Waals surface area contributed by atoms with Crippen molar-refractivity contribution in [1.82, 2.24) is 19.5 Å². The van der Waals surface area contributed by atoms with E-state index >= 15 is 0 Å². The molecule has 0 fully saturated rings. The van der Waals surface area contributed by atoms with Crippen LogP contribution in [-0.2, 0) is 0 Å². The number of fused-ring (bicyclic) bond motifs is 5. The number of nitrogens with zero attached hydrogens (tertiary/aromatic N) is 4. The molecule has 0 spiro atoms. The molecule has 7 aromatic carbocycles. The zero-order valence-electron chi connectivity index (χ0n) is 24.3. The molecule has 210 valence electrons. The zero-order valence-corrected chi connectivity index (χ0v) is 24.3. The molecule has 2 heterocycles. The van der Waals surface area contributed by atoms with Crippen LogP contribution in [0.1, 0.15) is 0 Å². The topological polar surface area (TPSA) is 43.6 Å². The van der Waals surface area contributed by atoms with Crippen LogP contribution in [0.15, 0.2) is 158 Å². The van der Waals surface area contributed by atoms with Gasteiger partial charge in [-0.15, -0.1) is 0 Å². The van der Waals surface area contributed by atoms with Gasteiger partial charge < -0.3 is 0 Å². The highest BCUT2D eigenvalue weighted by Crippen LogP contribution is 2.35. The summed E-state index contributed by atoms with van der Waals surface area (Å²) < 4.78 is 2.18. The van der Waals surface area contributed by atoms with Gasteiger partial charge in [-0.3, -0.25) is 4.57 Å². The van der Waals surface area contributed by atoms with Crippen molar-refractivity contribution in [2.45, 2.75) is 0 Å². The number of hydrogen-bond acceptors (Lipinski definition) is 3. The van der Waals surface area contributed by atoms with Gasteiger partial charge in [0.15, 0.2) is 11.6 Å². The second-order valence-corrected chi connectivity index (χ2v) is 11.4. The number of para-hydroxylation sites is 1. The Bertz CT molecular complexity index is 2530. The van der Waals surface area contributed by atoms with Gasteiger partial charge >= 0.3 is 0 Å². The third-order valence-corrected chi connectivity index (χ3v) is 8.62. The van der Waals surface area contributed by atoms with E-state index in [1.54, 1.807) is 0 Å². The lowest BCUT2D eigenvalue weighted by atomic mass is 10.0. The highest BCUT2D eigenvalue weighted by atomic mass is 15.2. The summed E-state index contributed by atoms with van der Waals surface area (Å²) in [6.07, 6.45) is 0. The molecule has 45 heavy (non-hydrogen) atoms. The SMILES string of the molecule is c1ccc(-c2nc(-c3ccc(-c4ccc5ccccc5c4)cc3)nc(-n3c4ccccc4c4cc5ccccc5cc43)n2)cc1. The number of rotatable bonds is 4. The summed E-state index contributed by atoms with van der Waals surface area (Å²) in [7, 11) is 0. The van der Waals surface area contributed by atoms with Crippen LogP contribution in [0.25, 0.3) is 83.2 Å². The number of benzene rings is 7. The van der Waals surface area contributed by atoms with E-state index in [4.69, 9.17) is 15.0 Å². The fraction of sp³-hybridized carbons (Fsp3) is 0. The molecule has 4 heteroatoms. The van der Waals surface area contributed by atoms with Crippen molar-refractivity contribution in [2.75, 3.05) is 0 Å². The van der Waals surface area contributed by atoms with Gasteiger partial charge in [0, 0.05) is 21.9 Å². The quantitative estimate of drug-likeness (QED) is 0.210. The molecule has 0 saturated carbocycles. The lowest BCUT2D eigenvalue weighted by molar-refractivity contribution is 0.954. The maximum Gasteiger partial charge on any atom is 0.238 e. The molecule has 4 nitrogen and oxygen atoms in total. The minimum absolute atomic E-state index is 0.596. The normalized spacial score (nSPS) is 11.6. The molecule has 0 aliphatic heterocycles.